The van der Waals surface area contributed by atoms with E-state index in [1.165, 1.54) is 43.1 Å². The monoisotopic (exact) mass is 268 g/mol. The molecule has 106 valence electrons. The summed E-state index contributed by atoms with van der Waals surface area (Å²) in [6.45, 7) is 3.37. The zero-order chi connectivity index (χ0) is 13.8. The quantitative estimate of drug-likeness (QED) is 0.896. The Labute approximate surface area is 121 Å². The molecule has 2 heteroatoms. The summed E-state index contributed by atoms with van der Waals surface area (Å²) >= 11 is 0. The minimum atomic E-state index is 0.634. The summed E-state index contributed by atoms with van der Waals surface area (Å²) in [4.78, 5) is 4.50. The van der Waals surface area contributed by atoms with Gasteiger partial charge in [0.1, 0.15) is 0 Å². The molecule has 1 aromatic carbocycles. The molecule has 2 unspecified atom stereocenters. The van der Waals surface area contributed by atoms with Crippen LogP contribution >= 0.6 is 0 Å². The second-order valence-electron chi connectivity index (χ2n) is 5.87. The molecule has 0 radical (unpaired) electrons. The lowest BCUT2D eigenvalue weighted by atomic mass is 9.78. The molecule has 0 aliphatic heterocycles. The van der Waals surface area contributed by atoms with Crippen LogP contribution in [0.3, 0.4) is 0 Å². The van der Waals surface area contributed by atoms with Crippen molar-refractivity contribution in [1.82, 2.24) is 10.3 Å². The molecule has 2 atom stereocenters. The molecular formula is C18H24N2. The summed E-state index contributed by atoms with van der Waals surface area (Å²) in [6, 6.07) is 11.5. The number of nitrogens with one attached hydrogen (secondary N) is 1. The SMILES string of the molecule is CCCNC1CCCCC1c1cccc2ncccc12. The summed E-state index contributed by atoms with van der Waals surface area (Å²) in [5, 5.41) is 5.10. The highest BCUT2D eigenvalue weighted by Crippen LogP contribution is 2.36. The van der Waals surface area contributed by atoms with Gasteiger partial charge in [-0.05, 0) is 49.4 Å². The van der Waals surface area contributed by atoms with Gasteiger partial charge < -0.3 is 5.32 Å². The third-order valence-corrected chi connectivity index (χ3v) is 4.50. The highest BCUT2D eigenvalue weighted by Gasteiger charge is 2.27. The van der Waals surface area contributed by atoms with Crippen molar-refractivity contribution < 1.29 is 0 Å². The predicted molar refractivity (Wildman–Crippen MR) is 85.0 cm³/mol. The highest BCUT2D eigenvalue weighted by atomic mass is 14.9. The number of aromatic nitrogens is 1. The maximum Gasteiger partial charge on any atom is 0.0704 e. The number of benzene rings is 1. The molecular weight excluding hydrogens is 244 g/mol. The topological polar surface area (TPSA) is 24.9 Å². The fraction of sp³-hybridized carbons (Fsp3) is 0.500. The Morgan fingerprint density at radius 2 is 2.05 bits per heavy atom. The zero-order valence-corrected chi connectivity index (χ0v) is 12.3. The Hall–Kier alpha value is -1.41. The van der Waals surface area contributed by atoms with Crippen LogP contribution in [0, 0.1) is 0 Å². The molecule has 0 spiro atoms. The maximum absolute atomic E-state index is 4.50. The van der Waals surface area contributed by atoms with Crippen LogP contribution in [0.5, 0.6) is 0 Å². The molecule has 1 aliphatic rings. The van der Waals surface area contributed by atoms with E-state index < -0.39 is 0 Å². The molecule has 0 bridgehead atoms. The smallest absolute Gasteiger partial charge is 0.0704 e. The van der Waals surface area contributed by atoms with Gasteiger partial charge >= 0.3 is 0 Å². The maximum atomic E-state index is 4.50. The molecule has 1 aromatic heterocycles. The van der Waals surface area contributed by atoms with Crippen LogP contribution in [-0.4, -0.2) is 17.6 Å². The Morgan fingerprint density at radius 3 is 2.95 bits per heavy atom. The van der Waals surface area contributed by atoms with E-state index in [0.717, 1.165) is 12.1 Å². The van der Waals surface area contributed by atoms with E-state index >= 15 is 0 Å². The van der Waals surface area contributed by atoms with Gasteiger partial charge in [-0.15, -0.1) is 0 Å². The van der Waals surface area contributed by atoms with Crippen LogP contribution in [0.4, 0.5) is 0 Å². The van der Waals surface area contributed by atoms with Gasteiger partial charge in [-0.3, -0.25) is 4.98 Å². The molecule has 1 saturated carbocycles. The van der Waals surface area contributed by atoms with Gasteiger partial charge in [0.05, 0.1) is 5.52 Å². The summed E-state index contributed by atoms with van der Waals surface area (Å²) in [5.74, 6) is 0.642. The molecule has 2 aromatic rings. The minimum Gasteiger partial charge on any atom is -0.313 e. The molecule has 20 heavy (non-hydrogen) atoms. The number of hydrogen-bond donors (Lipinski definition) is 1. The summed E-state index contributed by atoms with van der Waals surface area (Å²) < 4.78 is 0. The van der Waals surface area contributed by atoms with E-state index in [4.69, 9.17) is 0 Å². The largest absolute Gasteiger partial charge is 0.313 e. The Balaban J connectivity index is 1.95. The summed E-state index contributed by atoms with van der Waals surface area (Å²) in [7, 11) is 0. The van der Waals surface area contributed by atoms with Gasteiger partial charge in [-0.25, -0.2) is 0 Å². The first kappa shape index (κ1) is 13.6. The van der Waals surface area contributed by atoms with Crippen molar-refractivity contribution in [2.45, 2.75) is 51.0 Å². The van der Waals surface area contributed by atoms with Gasteiger partial charge in [0.15, 0.2) is 0 Å². The molecule has 0 saturated heterocycles. The Morgan fingerprint density at radius 1 is 1.15 bits per heavy atom. The predicted octanol–water partition coefficient (Wildman–Crippen LogP) is 4.26. The van der Waals surface area contributed by atoms with Crippen LogP contribution in [0.1, 0.15) is 50.5 Å². The molecule has 1 heterocycles. The molecule has 0 amide bonds. The standard InChI is InChI=1S/C18H24N2/c1-2-12-19-17-10-4-3-7-15(17)14-8-5-11-18-16(14)9-6-13-20-18/h5-6,8-9,11,13,15,17,19H,2-4,7,10,12H2,1H3. The van der Waals surface area contributed by atoms with Gasteiger partial charge in [0, 0.05) is 17.6 Å². The summed E-state index contributed by atoms with van der Waals surface area (Å²) in [6.07, 6.45) is 8.42. The molecule has 1 N–H and O–H groups in total. The molecule has 1 fully saturated rings. The first-order valence-corrected chi connectivity index (χ1v) is 7.97. The summed E-state index contributed by atoms with van der Waals surface area (Å²) in [5.41, 5.74) is 2.62. The number of nitrogens with zero attached hydrogens (tertiary/aromatic N) is 1. The normalized spacial score (nSPS) is 23.1. The number of rotatable bonds is 4. The van der Waals surface area contributed by atoms with Crippen molar-refractivity contribution >= 4 is 10.9 Å². The Bertz CT molecular complexity index is 559. The second kappa shape index (κ2) is 6.36. The van der Waals surface area contributed by atoms with Crippen molar-refractivity contribution in [3.63, 3.8) is 0 Å². The van der Waals surface area contributed by atoms with E-state index in [1.807, 2.05) is 6.20 Å². The Kier molecular flexibility index (Phi) is 4.31. The number of pyridine rings is 1. The van der Waals surface area contributed by atoms with Gasteiger partial charge in [0.25, 0.3) is 0 Å². The average Bonchev–Trinajstić information content (AvgIpc) is 2.53. The lowest BCUT2D eigenvalue weighted by Gasteiger charge is -2.33. The molecule has 2 nitrogen and oxygen atoms in total. The van der Waals surface area contributed by atoms with Crippen LogP contribution in [0.25, 0.3) is 10.9 Å². The third-order valence-electron chi connectivity index (χ3n) is 4.50. The van der Waals surface area contributed by atoms with Crippen molar-refractivity contribution in [3.05, 3.63) is 42.1 Å². The van der Waals surface area contributed by atoms with Gasteiger partial charge in [-0.2, -0.15) is 0 Å². The highest BCUT2D eigenvalue weighted by molar-refractivity contribution is 5.82. The van der Waals surface area contributed by atoms with Gasteiger partial charge in [-0.1, -0.05) is 38.0 Å². The lowest BCUT2D eigenvalue weighted by molar-refractivity contribution is 0.329. The number of hydrogen-bond acceptors (Lipinski definition) is 2. The minimum absolute atomic E-state index is 0.634. The van der Waals surface area contributed by atoms with Crippen LogP contribution in [0.2, 0.25) is 0 Å². The van der Waals surface area contributed by atoms with E-state index in [2.05, 4.69) is 47.6 Å². The van der Waals surface area contributed by atoms with Crippen LogP contribution in [0.15, 0.2) is 36.5 Å². The van der Waals surface area contributed by atoms with E-state index in [0.29, 0.717) is 12.0 Å². The van der Waals surface area contributed by atoms with E-state index in [1.54, 1.807) is 0 Å². The van der Waals surface area contributed by atoms with Crippen molar-refractivity contribution in [2.24, 2.45) is 0 Å². The first-order chi connectivity index (χ1) is 9.90. The van der Waals surface area contributed by atoms with Crippen LogP contribution < -0.4 is 5.32 Å². The zero-order valence-electron chi connectivity index (χ0n) is 12.3. The van der Waals surface area contributed by atoms with Crippen molar-refractivity contribution in [3.8, 4) is 0 Å². The van der Waals surface area contributed by atoms with E-state index in [9.17, 15) is 0 Å². The third kappa shape index (κ3) is 2.71. The molecule has 3 rings (SSSR count). The fourth-order valence-corrected chi connectivity index (χ4v) is 3.53. The van der Waals surface area contributed by atoms with Crippen LogP contribution in [-0.2, 0) is 0 Å². The fourth-order valence-electron chi connectivity index (χ4n) is 3.53. The lowest BCUT2D eigenvalue weighted by Crippen LogP contribution is -2.37. The second-order valence-corrected chi connectivity index (χ2v) is 5.87. The van der Waals surface area contributed by atoms with Crippen molar-refractivity contribution in [2.75, 3.05) is 6.54 Å². The van der Waals surface area contributed by atoms with Crippen molar-refractivity contribution in [1.29, 1.82) is 0 Å². The van der Waals surface area contributed by atoms with Gasteiger partial charge in [0.2, 0.25) is 0 Å². The van der Waals surface area contributed by atoms with E-state index in [-0.39, 0.29) is 0 Å². The number of fused-ring (bicyclic) bond motifs is 1. The first-order valence-electron chi connectivity index (χ1n) is 7.97. The average molecular weight is 268 g/mol. The molecule has 1 aliphatic carbocycles.